The molecule has 0 unspecified atom stereocenters. The summed E-state index contributed by atoms with van der Waals surface area (Å²) in [5.74, 6) is -1.30. The molecule has 10 nitrogen and oxygen atoms in total. The van der Waals surface area contributed by atoms with Gasteiger partial charge in [-0.1, -0.05) is 0 Å². The molecule has 0 bridgehead atoms. The van der Waals surface area contributed by atoms with E-state index in [1.54, 1.807) is 18.2 Å². The summed E-state index contributed by atoms with van der Waals surface area (Å²) >= 11 is 1.99. The Morgan fingerprint density at radius 2 is 2.07 bits per heavy atom. The van der Waals surface area contributed by atoms with Crippen molar-refractivity contribution in [3.05, 3.63) is 67.5 Å². The maximum atomic E-state index is 12.2. The Kier molecular flexibility index (Phi) is 6.07. The van der Waals surface area contributed by atoms with E-state index in [1.807, 2.05) is 22.6 Å². The Hall–Kier alpha value is -3.48. The Balaban J connectivity index is 1.66. The number of hydrogen-bond donors (Lipinski definition) is 2. The standard InChI is InChI=1S/C18H12IN3O7/c19-13-5-10(1-3-15(13)28-9-17(23)24)8-20-21-18(25)16-7-11-6-12(22(26)27)2-4-14(11)29-16/h1-8H,9H2,(H,21,25)(H,23,24)/b20-8-. The number of furan rings is 1. The first-order valence-electron chi connectivity index (χ1n) is 7.99. The number of carboxylic acid groups (broad SMARTS) is 1. The molecule has 0 aliphatic carbocycles. The molecule has 0 aliphatic heterocycles. The van der Waals surface area contributed by atoms with Crippen LogP contribution in [0.15, 0.2) is 52.0 Å². The number of nitrogens with zero attached hydrogens (tertiary/aromatic N) is 2. The number of non-ortho nitro benzene ring substituents is 1. The van der Waals surface area contributed by atoms with E-state index in [2.05, 4.69) is 10.5 Å². The second-order valence-electron chi connectivity index (χ2n) is 5.66. The molecular weight excluding hydrogens is 497 g/mol. The van der Waals surface area contributed by atoms with Crippen LogP contribution >= 0.6 is 22.6 Å². The first-order chi connectivity index (χ1) is 13.8. The van der Waals surface area contributed by atoms with E-state index < -0.39 is 23.4 Å². The quantitative estimate of drug-likeness (QED) is 0.216. The number of hydrazone groups is 1. The molecule has 0 saturated heterocycles. The Labute approximate surface area is 176 Å². The summed E-state index contributed by atoms with van der Waals surface area (Å²) in [6.45, 7) is -0.444. The van der Waals surface area contributed by atoms with Crippen LogP contribution in [0.5, 0.6) is 5.75 Å². The summed E-state index contributed by atoms with van der Waals surface area (Å²) in [4.78, 5) is 33.0. The topological polar surface area (TPSA) is 144 Å². The maximum absolute atomic E-state index is 12.2. The number of carboxylic acids is 1. The average Bonchev–Trinajstić information content (AvgIpc) is 3.10. The van der Waals surface area contributed by atoms with Crippen LogP contribution in [0.1, 0.15) is 16.1 Å². The van der Waals surface area contributed by atoms with Crippen molar-refractivity contribution in [1.29, 1.82) is 0 Å². The largest absolute Gasteiger partial charge is 0.481 e. The number of nitro groups is 1. The molecule has 0 atom stereocenters. The number of benzene rings is 2. The van der Waals surface area contributed by atoms with Gasteiger partial charge in [0.05, 0.1) is 14.7 Å². The molecule has 0 fully saturated rings. The van der Waals surface area contributed by atoms with Crippen LogP contribution in [0.4, 0.5) is 5.69 Å². The van der Waals surface area contributed by atoms with Crippen LogP contribution in [0.2, 0.25) is 0 Å². The number of hydrogen-bond acceptors (Lipinski definition) is 7. The zero-order valence-corrected chi connectivity index (χ0v) is 16.7. The highest BCUT2D eigenvalue weighted by molar-refractivity contribution is 14.1. The van der Waals surface area contributed by atoms with Crippen molar-refractivity contribution in [1.82, 2.24) is 5.43 Å². The van der Waals surface area contributed by atoms with E-state index in [-0.39, 0.29) is 11.4 Å². The van der Waals surface area contributed by atoms with Crippen molar-refractivity contribution in [2.45, 2.75) is 0 Å². The van der Waals surface area contributed by atoms with E-state index in [1.165, 1.54) is 30.5 Å². The third kappa shape index (κ3) is 5.07. The van der Waals surface area contributed by atoms with Gasteiger partial charge in [-0.3, -0.25) is 14.9 Å². The summed E-state index contributed by atoms with van der Waals surface area (Å²) in [7, 11) is 0. The molecule has 148 valence electrons. The van der Waals surface area contributed by atoms with Crippen LogP contribution in [0, 0.1) is 13.7 Å². The summed E-state index contributed by atoms with van der Waals surface area (Å²) in [6, 6.07) is 10.4. The fraction of sp³-hybridized carbons (Fsp3) is 0.0556. The fourth-order valence-electron chi connectivity index (χ4n) is 2.33. The number of rotatable bonds is 7. The van der Waals surface area contributed by atoms with Gasteiger partial charge >= 0.3 is 11.9 Å². The van der Waals surface area contributed by atoms with Crippen LogP contribution in [0.25, 0.3) is 11.0 Å². The van der Waals surface area contributed by atoms with Gasteiger partial charge in [-0.2, -0.15) is 5.10 Å². The molecule has 1 aromatic heterocycles. The molecule has 3 rings (SSSR count). The molecule has 0 spiro atoms. The van der Waals surface area contributed by atoms with Gasteiger partial charge in [-0.15, -0.1) is 0 Å². The summed E-state index contributed by atoms with van der Waals surface area (Å²) < 4.78 is 11.2. The van der Waals surface area contributed by atoms with E-state index in [4.69, 9.17) is 14.3 Å². The van der Waals surface area contributed by atoms with Gasteiger partial charge in [0, 0.05) is 17.5 Å². The van der Waals surface area contributed by atoms with Gasteiger partial charge in [0.15, 0.2) is 12.4 Å². The zero-order chi connectivity index (χ0) is 21.0. The minimum atomic E-state index is -1.07. The molecule has 2 N–H and O–H groups in total. The van der Waals surface area contributed by atoms with Crippen molar-refractivity contribution >= 4 is 57.3 Å². The number of nitro benzene ring substituents is 1. The molecular formula is C18H12IN3O7. The summed E-state index contributed by atoms with van der Waals surface area (Å²) in [5, 5.41) is 23.7. The monoisotopic (exact) mass is 509 g/mol. The second-order valence-corrected chi connectivity index (χ2v) is 6.82. The van der Waals surface area contributed by atoms with Crippen LogP contribution < -0.4 is 10.2 Å². The zero-order valence-electron chi connectivity index (χ0n) is 14.5. The number of amides is 1. The molecule has 29 heavy (non-hydrogen) atoms. The van der Waals surface area contributed by atoms with Gasteiger partial charge in [-0.05, 0) is 58.5 Å². The minimum absolute atomic E-state index is 0.0374. The Morgan fingerprint density at radius 3 is 2.76 bits per heavy atom. The average molecular weight is 509 g/mol. The highest BCUT2D eigenvalue weighted by atomic mass is 127. The molecule has 1 heterocycles. The van der Waals surface area contributed by atoms with Crippen molar-refractivity contribution in [3.63, 3.8) is 0 Å². The molecule has 2 aromatic carbocycles. The van der Waals surface area contributed by atoms with E-state index >= 15 is 0 Å². The lowest BCUT2D eigenvalue weighted by atomic mass is 10.2. The number of nitrogens with one attached hydrogen (secondary N) is 1. The predicted octanol–water partition coefficient (Wildman–Crippen LogP) is 3.17. The van der Waals surface area contributed by atoms with Crippen molar-refractivity contribution < 1.29 is 28.8 Å². The number of fused-ring (bicyclic) bond motifs is 1. The van der Waals surface area contributed by atoms with Crippen molar-refractivity contribution in [3.8, 4) is 5.75 Å². The van der Waals surface area contributed by atoms with E-state index in [0.717, 1.165) is 0 Å². The number of ether oxygens (including phenoxy) is 1. The smallest absolute Gasteiger partial charge is 0.341 e. The van der Waals surface area contributed by atoms with E-state index in [9.17, 15) is 19.7 Å². The minimum Gasteiger partial charge on any atom is -0.481 e. The fourth-order valence-corrected chi connectivity index (χ4v) is 3.03. The third-order valence-electron chi connectivity index (χ3n) is 3.62. The SMILES string of the molecule is O=C(O)COc1ccc(/C=N\NC(=O)c2cc3cc([N+](=O)[O-])ccc3o2)cc1I. The lowest BCUT2D eigenvalue weighted by Gasteiger charge is -2.06. The predicted molar refractivity (Wildman–Crippen MR) is 110 cm³/mol. The third-order valence-corrected chi connectivity index (χ3v) is 4.46. The molecule has 0 saturated carbocycles. The summed E-state index contributed by atoms with van der Waals surface area (Å²) in [5.41, 5.74) is 3.20. The second kappa shape index (κ2) is 8.68. The number of carbonyl (C=O) groups is 2. The Morgan fingerprint density at radius 1 is 1.28 bits per heavy atom. The highest BCUT2D eigenvalue weighted by Gasteiger charge is 2.14. The van der Waals surface area contributed by atoms with Crippen LogP contribution in [0.3, 0.4) is 0 Å². The van der Waals surface area contributed by atoms with Crippen molar-refractivity contribution in [2.75, 3.05) is 6.61 Å². The van der Waals surface area contributed by atoms with Crippen LogP contribution in [-0.4, -0.2) is 34.7 Å². The molecule has 1 amide bonds. The highest BCUT2D eigenvalue weighted by Crippen LogP contribution is 2.24. The van der Waals surface area contributed by atoms with Gasteiger partial charge in [0.1, 0.15) is 11.3 Å². The number of halogens is 1. The lowest BCUT2D eigenvalue weighted by molar-refractivity contribution is -0.384. The van der Waals surface area contributed by atoms with Crippen LogP contribution in [-0.2, 0) is 4.79 Å². The summed E-state index contributed by atoms with van der Waals surface area (Å²) in [6.07, 6.45) is 1.40. The first-order valence-corrected chi connectivity index (χ1v) is 9.07. The van der Waals surface area contributed by atoms with E-state index in [0.29, 0.717) is 25.9 Å². The normalized spacial score (nSPS) is 10.9. The molecule has 0 aliphatic rings. The maximum Gasteiger partial charge on any atom is 0.341 e. The number of carbonyl (C=O) groups excluding carboxylic acids is 1. The molecule has 3 aromatic rings. The number of aliphatic carboxylic acids is 1. The molecule has 0 radical (unpaired) electrons. The van der Waals surface area contributed by atoms with Gasteiger partial charge in [-0.25, -0.2) is 10.2 Å². The Bertz CT molecular complexity index is 1140. The van der Waals surface area contributed by atoms with Gasteiger partial charge < -0.3 is 14.3 Å². The molecule has 11 heteroatoms. The van der Waals surface area contributed by atoms with Gasteiger partial charge in [0.2, 0.25) is 0 Å². The van der Waals surface area contributed by atoms with Crippen molar-refractivity contribution in [2.24, 2.45) is 5.10 Å². The van der Waals surface area contributed by atoms with Gasteiger partial charge in [0.25, 0.3) is 5.69 Å². The lowest BCUT2D eigenvalue weighted by Crippen LogP contribution is -2.16. The first kappa shape index (κ1) is 20.3.